The molecule has 1 N–H and O–H groups in total. The molecule has 0 saturated carbocycles. The number of rotatable bonds is 6. The van der Waals surface area contributed by atoms with Gasteiger partial charge in [0.2, 0.25) is 0 Å². The van der Waals surface area contributed by atoms with Gasteiger partial charge in [-0.2, -0.15) is 0 Å². The van der Waals surface area contributed by atoms with E-state index in [9.17, 15) is 23.7 Å². The maximum atomic E-state index is 12.5. The lowest BCUT2D eigenvalue weighted by molar-refractivity contribution is -0.384. The van der Waals surface area contributed by atoms with Crippen molar-refractivity contribution in [3.8, 4) is 0 Å². The molecule has 9 heteroatoms. The summed E-state index contributed by atoms with van der Waals surface area (Å²) in [5.74, 6) is -0.790. The van der Waals surface area contributed by atoms with Gasteiger partial charge in [0.1, 0.15) is 5.69 Å². The first kappa shape index (κ1) is 18.6. The maximum absolute atomic E-state index is 12.5. The molecule has 132 valence electrons. The minimum absolute atomic E-state index is 0.00648. The average molecular weight is 371 g/mol. The number of carbonyl (C=O) groups excluding carboxylic acids is 1. The number of methoxy groups -OCH3 is 1. The highest BCUT2D eigenvalue weighted by Gasteiger charge is 2.21. The Morgan fingerprint density at radius 2 is 1.96 bits per heavy atom. The van der Waals surface area contributed by atoms with Crippen molar-refractivity contribution in [1.82, 2.24) is 0 Å². The van der Waals surface area contributed by atoms with Crippen LogP contribution in [0.3, 0.4) is 0 Å². The van der Waals surface area contributed by atoms with Crippen molar-refractivity contribution in [3.63, 3.8) is 0 Å². The van der Waals surface area contributed by atoms with Gasteiger partial charge in [-0.15, -0.1) is 0 Å². The van der Waals surface area contributed by atoms with Gasteiger partial charge in [-0.3, -0.25) is 10.1 Å². The summed E-state index contributed by atoms with van der Waals surface area (Å²) < 4.78 is 29.6. The lowest BCUT2D eigenvalue weighted by Gasteiger charge is -2.10. The molecule has 2 aromatic rings. The number of nitrogens with zero attached hydrogens (tertiary/aromatic N) is 1. The van der Waals surface area contributed by atoms with Crippen molar-refractivity contribution in [3.05, 3.63) is 68.2 Å². The molecule has 0 aliphatic rings. The van der Waals surface area contributed by atoms with E-state index in [1.165, 1.54) is 30.3 Å². The minimum atomic E-state index is -2.56. The molecule has 2 rings (SSSR count). The zero-order valence-corrected chi connectivity index (χ0v) is 13.7. The Bertz CT molecular complexity index is 797. The summed E-state index contributed by atoms with van der Waals surface area (Å²) in [6.45, 7) is 0.151. The molecule has 0 bridgehead atoms. The van der Waals surface area contributed by atoms with Crippen LogP contribution in [0, 0.1) is 10.1 Å². The number of hydrogen-bond donors (Lipinski definition) is 1. The van der Waals surface area contributed by atoms with Crippen molar-refractivity contribution in [2.24, 2.45) is 0 Å². The van der Waals surface area contributed by atoms with Crippen LogP contribution in [-0.2, 0) is 11.3 Å². The third-order valence-corrected chi connectivity index (χ3v) is 3.71. The minimum Gasteiger partial charge on any atom is -0.465 e. The van der Waals surface area contributed by atoms with Gasteiger partial charge in [-0.25, -0.2) is 13.6 Å². The Kier molecular flexibility index (Phi) is 5.87. The van der Waals surface area contributed by atoms with Crippen LogP contribution >= 0.6 is 11.6 Å². The van der Waals surface area contributed by atoms with E-state index < -0.39 is 17.3 Å². The first-order chi connectivity index (χ1) is 11.8. The molecule has 2 aromatic carbocycles. The fourth-order valence-electron chi connectivity index (χ4n) is 2.10. The first-order valence-corrected chi connectivity index (χ1v) is 7.38. The molecule has 0 atom stereocenters. The van der Waals surface area contributed by atoms with Crippen LogP contribution in [0.15, 0.2) is 36.4 Å². The molecule has 6 nitrogen and oxygen atoms in total. The number of carbonyl (C=O) groups is 1. The largest absolute Gasteiger partial charge is 0.465 e. The predicted molar refractivity (Wildman–Crippen MR) is 88.2 cm³/mol. The van der Waals surface area contributed by atoms with Crippen LogP contribution in [-0.4, -0.2) is 18.0 Å². The number of nitro benzene ring substituents is 1. The number of nitro groups is 1. The number of anilines is 1. The highest BCUT2D eigenvalue weighted by molar-refractivity contribution is 6.34. The fourth-order valence-corrected chi connectivity index (χ4v) is 2.34. The molecular formula is C16H13ClF2N2O4. The van der Waals surface area contributed by atoms with Crippen LogP contribution < -0.4 is 5.32 Å². The molecule has 0 amide bonds. The van der Waals surface area contributed by atoms with E-state index in [1.54, 1.807) is 0 Å². The first-order valence-electron chi connectivity index (χ1n) is 7.00. The Labute approximate surface area is 146 Å². The quantitative estimate of drug-likeness (QED) is 0.457. The third kappa shape index (κ3) is 4.42. The monoisotopic (exact) mass is 370 g/mol. The van der Waals surface area contributed by atoms with Crippen LogP contribution in [0.2, 0.25) is 5.02 Å². The zero-order chi connectivity index (χ0) is 18.6. The van der Waals surface area contributed by atoms with Gasteiger partial charge in [0.05, 0.1) is 22.6 Å². The van der Waals surface area contributed by atoms with Crippen LogP contribution in [0.5, 0.6) is 0 Å². The number of nitrogens with one attached hydrogen (secondary N) is 1. The Morgan fingerprint density at radius 1 is 1.32 bits per heavy atom. The van der Waals surface area contributed by atoms with E-state index in [1.807, 2.05) is 0 Å². The van der Waals surface area contributed by atoms with Crippen molar-refractivity contribution in [1.29, 1.82) is 0 Å². The Balaban J connectivity index is 2.25. The summed E-state index contributed by atoms with van der Waals surface area (Å²) >= 11 is 5.97. The summed E-state index contributed by atoms with van der Waals surface area (Å²) in [7, 11) is 1.14. The second-order valence-corrected chi connectivity index (χ2v) is 5.40. The molecule has 0 aliphatic carbocycles. The summed E-state index contributed by atoms with van der Waals surface area (Å²) in [6.07, 6.45) is -2.56. The summed E-state index contributed by atoms with van der Waals surface area (Å²) in [4.78, 5) is 22.1. The van der Waals surface area contributed by atoms with E-state index in [2.05, 4.69) is 10.1 Å². The van der Waals surface area contributed by atoms with Gasteiger partial charge in [-0.1, -0.05) is 35.9 Å². The van der Waals surface area contributed by atoms with Crippen molar-refractivity contribution < 1.29 is 23.2 Å². The summed E-state index contributed by atoms with van der Waals surface area (Å²) in [5.41, 5.74) is 0.157. The highest BCUT2D eigenvalue weighted by Crippen LogP contribution is 2.32. The fraction of sp³-hybridized carbons (Fsp3) is 0.188. The maximum Gasteiger partial charge on any atom is 0.339 e. The van der Waals surface area contributed by atoms with E-state index in [0.717, 1.165) is 13.2 Å². The number of halogens is 3. The van der Waals surface area contributed by atoms with Crippen molar-refractivity contribution in [2.45, 2.75) is 13.0 Å². The average Bonchev–Trinajstić information content (AvgIpc) is 2.59. The van der Waals surface area contributed by atoms with E-state index in [-0.39, 0.29) is 34.1 Å². The molecule has 0 fully saturated rings. The van der Waals surface area contributed by atoms with Gasteiger partial charge in [0.15, 0.2) is 0 Å². The Morgan fingerprint density at radius 3 is 2.48 bits per heavy atom. The predicted octanol–water partition coefficient (Wildman–Crippen LogP) is 4.58. The van der Waals surface area contributed by atoms with E-state index in [0.29, 0.717) is 5.56 Å². The molecule has 25 heavy (non-hydrogen) atoms. The number of ether oxygens (including phenoxy) is 1. The zero-order valence-electron chi connectivity index (χ0n) is 13.0. The smallest absolute Gasteiger partial charge is 0.339 e. The molecule has 0 aromatic heterocycles. The summed E-state index contributed by atoms with van der Waals surface area (Å²) in [6, 6.07) is 7.82. The molecule has 0 aliphatic heterocycles. The van der Waals surface area contributed by atoms with Crippen LogP contribution in [0.4, 0.5) is 20.2 Å². The number of hydrogen-bond acceptors (Lipinski definition) is 5. The molecule has 0 radical (unpaired) electrons. The van der Waals surface area contributed by atoms with E-state index in [4.69, 9.17) is 11.6 Å². The van der Waals surface area contributed by atoms with Gasteiger partial charge in [0, 0.05) is 18.2 Å². The molecular weight excluding hydrogens is 358 g/mol. The third-order valence-electron chi connectivity index (χ3n) is 3.40. The van der Waals surface area contributed by atoms with Crippen molar-refractivity contribution in [2.75, 3.05) is 12.4 Å². The lowest BCUT2D eigenvalue weighted by atomic mass is 10.1. The second-order valence-electron chi connectivity index (χ2n) is 4.99. The summed E-state index contributed by atoms with van der Waals surface area (Å²) in [5, 5.41) is 14.0. The lowest BCUT2D eigenvalue weighted by Crippen LogP contribution is -2.07. The molecule has 0 unspecified atom stereocenters. The standard InChI is InChI=1S/C16H13ClF2N2O4/c1-25-16(22)11-6-14(21(23)24)13(7-12(11)17)20-8-9-2-4-10(5-3-9)15(18)19/h2-7,15,20H,8H2,1H3. The molecule has 0 saturated heterocycles. The molecule has 0 spiro atoms. The van der Waals surface area contributed by atoms with Gasteiger partial charge in [0.25, 0.3) is 12.1 Å². The SMILES string of the molecule is COC(=O)c1cc([N+](=O)[O-])c(NCc2ccc(C(F)F)cc2)cc1Cl. The molecule has 0 heterocycles. The van der Waals surface area contributed by atoms with E-state index >= 15 is 0 Å². The highest BCUT2D eigenvalue weighted by atomic mass is 35.5. The topological polar surface area (TPSA) is 81.5 Å². The number of alkyl halides is 2. The van der Waals surface area contributed by atoms with Gasteiger partial charge < -0.3 is 10.1 Å². The normalized spacial score (nSPS) is 10.6. The second kappa shape index (κ2) is 7.89. The number of esters is 1. The van der Waals surface area contributed by atoms with Crippen molar-refractivity contribution >= 4 is 28.9 Å². The Hall–Kier alpha value is -2.74. The van der Waals surface area contributed by atoms with Gasteiger partial charge >= 0.3 is 5.97 Å². The van der Waals surface area contributed by atoms with Crippen LogP contribution in [0.1, 0.15) is 27.9 Å². The number of benzene rings is 2. The van der Waals surface area contributed by atoms with Crippen LogP contribution in [0.25, 0.3) is 0 Å². The van der Waals surface area contributed by atoms with Gasteiger partial charge in [-0.05, 0) is 11.6 Å².